The molecule has 1 heterocycles. The second-order valence-electron chi connectivity index (χ2n) is 4.22. The van der Waals surface area contributed by atoms with Crippen LogP contribution in [-0.2, 0) is 0 Å². The monoisotopic (exact) mass is 238 g/mol. The topological polar surface area (TPSA) is 50.3 Å². The molecule has 1 unspecified atom stereocenters. The molecular formula is C12H22N4O. The SMILES string of the molecule is CCCNC(CN(C)C)c1nccnc1OC. The zero-order valence-corrected chi connectivity index (χ0v) is 11.1. The number of hydrogen-bond acceptors (Lipinski definition) is 5. The molecule has 0 aliphatic heterocycles. The van der Waals surface area contributed by atoms with Gasteiger partial charge in [-0.15, -0.1) is 0 Å². The lowest BCUT2D eigenvalue weighted by atomic mass is 10.2. The summed E-state index contributed by atoms with van der Waals surface area (Å²) in [5.41, 5.74) is 0.872. The van der Waals surface area contributed by atoms with Crippen molar-refractivity contribution in [2.24, 2.45) is 0 Å². The fourth-order valence-corrected chi connectivity index (χ4v) is 1.66. The lowest BCUT2D eigenvalue weighted by Gasteiger charge is -2.22. The van der Waals surface area contributed by atoms with Gasteiger partial charge in [0.2, 0.25) is 5.88 Å². The van der Waals surface area contributed by atoms with E-state index in [1.807, 2.05) is 14.1 Å². The summed E-state index contributed by atoms with van der Waals surface area (Å²) in [6.07, 6.45) is 4.44. The molecule has 1 rings (SSSR count). The van der Waals surface area contributed by atoms with Crippen LogP contribution in [-0.4, -0.2) is 49.2 Å². The van der Waals surface area contributed by atoms with Gasteiger partial charge < -0.3 is 15.0 Å². The second-order valence-corrected chi connectivity index (χ2v) is 4.22. The quantitative estimate of drug-likeness (QED) is 0.770. The predicted octanol–water partition coefficient (Wildman–Crippen LogP) is 1.09. The molecule has 0 fully saturated rings. The Labute approximate surface area is 103 Å². The molecule has 5 heteroatoms. The largest absolute Gasteiger partial charge is 0.480 e. The van der Waals surface area contributed by atoms with E-state index in [0.29, 0.717) is 5.88 Å². The summed E-state index contributed by atoms with van der Waals surface area (Å²) in [4.78, 5) is 10.7. The molecular weight excluding hydrogens is 216 g/mol. The highest BCUT2D eigenvalue weighted by Gasteiger charge is 2.18. The van der Waals surface area contributed by atoms with Gasteiger partial charge in [0.25, 0.3) is 0 Å². The molecule has 0 aliphatic rings. The normalized spacial score (nSPS) is 12.8. The van der Waals surface area contributed by atoms with Crippen LogP contribution in [0.25, 0.3) is 0 Å². The first-order valence-electron chi connectivity index (χ1n) is 5.92. The van der Waals surface area contributed by atoms with Gasteiger partial charge in [0.15, 0.2) is 0 Å². The number of hydrogen-bond donors (Lipinski definition) is 1. The Morgan fingerprint density at radius 1 is 1.35 bits per heavy atom. The fourth-order valence-electron chi connectivity index (χ4n) is 1.66. The molecule has 1 aromatic heterocycles. The number of nitrogens with one attached hydrogen (secondary N) is 1. The van der Waals surface area contributed by atoms with Gasteiger partial charge in [-0.25, -0.2) is 4.98 Å². The van der Waals surface area contributed by atoms with Gasteiger partial charge in [-0.2, -0.15) is 0 Å². The van der Waals surface area contributed by atoms with Gasteiger partial charge in [0, 0.05) is 18.9 Å². The average molecular weight is 238 g/mol. The van der Waals surface area contributed by atoms with E-state index in [2.05, 4.69) is 27.1 Å². The van der Waals surface area contributed by atoms with Gasteiger partial charge in [0.1, 0.15) is 5.69 Å². The lowest BCUT2D eigenvalue weighted by Crippen LogP contribution is -2.32. The molecule has 0 radical (unpaired) electrons. The molecule has 17 heavy (non-hydrogen) atoms. The van der Waals surface area contributed by atoms with Gasteiger partial charge in [0.05, 0.1) is 13.2 Å². The summed E-state index contributed by atoms with van der Waals surface area (Å²) >= 11 is 0. The average Bonchev–Trinajstić information content (AvgIpc) is 2.34. The number of ether oxygens (including phenoxy) is 1. The van der Waals surface area contributed by atoms with Crippen molar-refractivity contribution >= 4 is 0 Å². The first kappa shape index (κ1) is 13.9. The standard InChI is InChI=1S/C12H22N4O/c1-5-6-13-10(9-16(2)3)11-12(17-4)15-8-7-14-11/h7-8,10,13H,5-6,9H2,1-4H3. The van der Waals surface area contributed by atoms with E-state index < -0.39 is 0 Å². The Bertz CT molecular complexity index is 330. The Hall–Kier alpha value is -1.20. The highest BCUT2D eigenvalue weighted by Crippen LogP contribution is 2.20. The number of methoxy groups -OCH3 is 1. The third-order valence-corrected chi connectivity index (χ3v) is 2.40. The van der Waals surface area contributed by atoms with E-state index >= 15 is 0 Å². The van der Waals surface area contributed by atoms with Crippen molar-refractivity contribution in [3.63, 3.8) is 0 Å². The molecule has 0 amide bonds. The van der Waals surface area contributed by atoms with E-state index in [4.69, 9.17) is 4.74 Å². The van der Waals surface area contributed by atoms with Crippen LogP contribution in [0.15, 0.2) is 12.4 Å². The highest BCUT2D eigenvalue weighted by atomic mass is 16.5. The summed E-state index contributed by atoms with van der Waals surface area (Å²) in [5.74, 6) is 0.600. The van der Waals surface area contributed by atoms with Crippen LogP contribution in [0, 0.1) is 0 Å². The Kier molecular flexibility index (Phi) is 5.86. The fraction of sp³-hybridized carbons (Fsp3) is 0.667. The van der Waals surface area contributed by atoms with Crippen LogP contribution in [0.4, 0.5) is 0 Å². The molecule has 5 nitrogen and oxygen atoms in total. The van der Waals surface area contributed by atoms with E-state index in [0.717, 1.165) is 25.2 Å². The molecule has 0 saturated carbocycles. The van der Waals surface area contributed by atoms with Crippen molar-refractivity contribution in [1.82, 2.24) is 20.2 Å². The minimum absolute atomic E-state index is 0.147. The molecule has 96 valence electrons. The van der Waals surface area contributed by atoms with E-state index in [9.17, 15) is 0 Å². The van der Waals surface area contributed by atoms with Crippen molar-refractivity contribution in [2.75, 3.05) is 34.3 Å². The van der Waals surface area contributed by atoms with E-state index in [1.165, 1.54) is 0 Å². The van der Waals surface area contributed by atoms with Crippen LogP contribution in [0.1, 0.15) is 25.1 Å². The maximum absolute atomic E-state index is 5.26. The van der Waals surface area contributed by atoms with Crippen LogP contribution in [0.2, 0.25) is 0 Å². The van der Waals surface area contributed by atoms with E-state index in [-0.39, 0.29) is 6.04 Å². The Morgan fingerprint density at radius 2 is 2.06 bits per heavy atom. The summed E-state index contributed by atoms with van der Waals surface area (Å²) in [7, 11) is 5.72. The molecule has 0 bridgehead atoms. The van der Waals surface area contributed by atoms with Crippen LogP contribution < -0.4 is 10.1 Å². The molecule has 1 atom stereocenters. The van der Waals surface area contributed by atoms with Crippen molar-refractivity contribution < 1.29 is 4.74 Å². The predicted molar refractivity (Wildman–Crippen MR) is 68.2 cm³/mol. The van der Waals surface area contributed by atoms with Crippen LogP contribution >= 0.6 is 0 Å². The first-order valence-corrected chi connectivity index (χ1v) is 5.92. The minimum Gasteiger partial charge on any atom is -0.480 e. The van der Waals surface area contributed by atoms with Crippen molar-refractivity contribution in [3.05, 3.63) is 18.1 Å². The van der Waals surface area contributed by atoms with Gasteiger partial charge in [-0.05, 0) is 27.1 Å². The summed E-state index contributed by atoms with van der Waals surface area (Å²) in [6.45, 7) is 3.97. The number of likely N-dealkylation sites (N-methyl/N-ethyl adjacent to an activating group) is 1. The van der Waals surface area contributed by atoms with Gasteiger partial charge in [-0.3, -0.25) is 4.98 Å². The Morgan fingerprint density at radius 3 is 2.65 bits per heavy atom. The number of aromatic nitrogens is 2. The summed E-state index contributed by atoms with van der Waals surface area (Å²) in [5, 5.41) is 3.47. The third kappa shape index (κ3) is 4.28. The maximum Gasteiger partial charge on any atom is 0.237 e. The summed E-state index contributed by atoms with van der Waals surface area (Å²) in [6, 6.07) is 0.147. The molecule has 0 aliphatic carbocycles. The number of nitrogens with zero attached hydrogens (tertiary/aromatic N) is 3. The van der Waals surface area contributed by atoms with Crippen LogP contribution in [0.3, 0.4) is 0 Å². The Balaban J connectivity index is 2.86. The van der Waals surface area contributed by atoms with Crippen LogP contribution in [0.5, 0.6) is 5.88 Å². The minimum atomic E-state index is 0.147. The molecule has 1 aromatic rings. The van der Waals surface area contributed by atoms with E-state index in [1.54, 1.807) is 19.5 Å². The zero-order valence-electron chi connectivity index (χ0n) is 11.1. The molecule has 0 saturated heterocycles. The van der Waals surface area contributed by atoms with Gasteiger partial charge in [-0.1, -0.05) is 6.92 Å². The lowest BCUT2D eigenvalue weighted by molar-refractivity contribution is 0.322. The van der Waals surface area contributed by atoms with Gasteiger partial charge >= 0.3 is 0 Å². The smallest absolute Gasteiger partial charge is 0.237 e. The zero-order chi connectivity index (χ0) is 12.7. The second kappa shape index (κ2) is 7.19. The van der Waals surface area contributed by atoms with Crippen molar-refractivity contribution in [1.29, 1.82) is 0 Å². The first-order chi connectivity index (χ1) is 8.19. The third-order valence-electron chi connectivity index (χ3n) is 2.40. The van der Waals surface area contributed by atoms with Crippen molar-refractivity contribution in [2.45, 2.75) is 19.4 Å². The molecule has 1 N–H and O–H groups in total. The maximum atomic E-state index is 5.26. The highest BCUT2D eigenvalue weighted by molar-refractivity contribution is 5.21. The summed E-state index contributed by atoms with van der Waals surface area (Å²) < 4.78 is 5.26. The molecule has 0 spiro atoms. The molecule has 0 aromatic carbocycles. The number of rotatable bonds is 7. The van der Waals surface area contributed by atoms with Crippen molar-refractivity contribution in [3.8, 4) is 5.88 Å².